The van der Waals surface area contributed by atoms with Crippen LogP contribution in [0.1, 0.15) is 25.0 Å². The summed E-state index contributed by atoms with van der Waals surface area (Å²) in [5, 5.41) is 10.2. The fourth-order valence-corrected chi connectivity index (χ4v) is 1.78. The van der Waals surface area contributed by atoms with Gasteiger partial charge in [0.25, 0.3) is 0 Å². The summed E-state index contributed by atoms with van der Waals surface area (Å²) in [6, 6.07) is 8.03. The highest BCUT2D eigenvalue weighted by molar-refractivity contribution is 5.47. The maximum Gasteiger partial charge on any atom is 0.0817 e. The van der Waals surface area contributed by atoms with Gasteiger partial charge in [-0.05, 0) is 30.0 Å². The number of aliphatic hydroxyl groups is 1. The van der Waals surface area contributed by atoms with Crippen LogP contribution in [0.4, 0.5) is 5.69 Å². The topological polar surface area (TPSA) is 32.7 Å². The van der Waals surface area contributed by atoms with Crippen molar-refractivity contribution in [3.63, 3.8) is 0 Å². The smallest absolute Gasteiger partial charge is 0.0817 e. The maximum atomic E-state index is 10.2. The lowest BCUT2D eigenvalue weighted by Gasteiger charge is -2.21. The number of aliphatic hydroxyl groups excluding tert-OH is 1. The minimum Gasteiger partial charge on any atom is -0.388 e. The van der Waals surface area contributed by atoms with Crippen molar-refractivity contribution in [2.24, 2.45) is 5.92 Å². The normalized spacial score (nSPS) is 14.4. The van der Waals surface area contributed by atoms with E-state index in [2.05, 4.69) is 0 Å². The van der Waals surface area contributed by atoms with Crippen molar-refractivity contribution in [1.29, 1.82) is 0 Å². The summed E-state index contributed by atoms with van der Waals surface area (Å²) in [4.78, 5) is 2.04. The third-order valence-electron chi connectivity index (χ3n) is 3.04. The molecule has 0 aliphatic heterocycles. The Hall–Kier alpha value is -1.06. The molecule has 0 aliphatic rings. The lowest BCUT2D eigenvalue weighted by atomic mass is 9.94. The zero-order valence-electron chi connectivity index (χ0n) is 11.2. The van der Waals surface area contributed by atoms with Gasteiger partial charge in [0.05, 0.1) is 6.10 Å². The van der Waals surface area contributed by atoms with Gasteiger partial charge in [-0.2, -0.15) is 0 Å². The van der Waals surface area contributed by atoms with Crippen LogP contribution >= 0.6 is 0 Å². The van der Waals surface area contributed by atoms with E-state index in [-0.39, 0.29) is 5.92 Å². The molecule has 0 saturated heterocycles. The highest BCUT2D eigenvalue weighted by Gasteiger charge is 2.16. The van der Waals surface area contributed by atoms with Gasteiger partial charge in [-0.3, -0.25) is 0 Å². The molecular weight excluding hydrogens is 214 g/mol. The predicted molar refractivity (Wildman–Crippen MR) is 71.4 cm³/mol. The van der Waals surface area contributed by atoms with E-state index in [1.54, 1.807) is 7.11 Å². The predicted octanol–water partition coefficient (Wildman–Crippen LogP) is 2.46. The zero-order valence-corrected chi connectivity index (χ0v) is 11.2. The van der Waals surface area contributed by atoms with Crippen molar-refractivity contribution in [2.75, 3.05) is 32.7 Å². The van der Waals surface area contributed by atoms with Crippen LogP contribution in [0.3, 0.4) is 0 Å². The largest absolute Gasteiger partial charge is 0.388 e. The van der Waals surface area contributed by atoms with Crippen LogP contribution in [0.2, 0.25) is 0 Å². The van der Waals surface area contributed by atoms with Gasteiger partial charge in [-0.1, -0.05) is 19.1 Å². The Bertz CT molecular complexity index is 339. The minimum atomic E-state index is -0.426. The maximum absolute atomic E-state index is 10.2. The Morgan fingerprint density at radius 3 is 2.65 bits per heavy atom. The quantitative estimate of drug-likeness (QED) is 0.825. The van der Waals surface area contributed by atoms with Crippen LogP contribution in [-0.4, -0.2) is 32.9 Å². The summed E-state index contributed by atoms with van der Waals surface area (Å²) < 4.78 is 5.04. The molecule has 0 bridgehead atoms. The van der Waals surface area contributed by atoms with Crippen molar-refractivity contribution in [2.45, 2.75) is 19.4 Å². The van der Waals surface area contributed by atoms with Crippen molar-refractivity contribution in [3.05, 3.63) is 29.8 Å². The van der Waals surface area contributed by atoms with Gasteiger partial charge < -0.3 is 14.7 Å². The second-order valence-corrected chi connectivity index (χ2v) is 4.69. The Kier molecular flexibility index (Phi) is 5.45. The van der Waals surface area contributed by atoms with E-state index >= 15 is 0 Å². The molecule has 0 heterocycles. The van der Waals surface area contributed by atoms with Crippen LogP contribution in [0.5, 0.6) is 0 Å². The average Bonchev–Trinajstić information content (AvgIpc) is 2.35. The second-order valence-electron chi connectivity index (χ2n) is 4.69. The first-order valence-electron chi connectivity index (χ1n) is 6.00. The van der Waals surface area contributed by atoms with Crippen LogP contribution in [-0.2, 0) is 4.74 Å². The summed E-state index contributed by atoms with van der Waals surface area (Å²) in [5.41, 5.74) is 2.08. The molecule has 3 nitrogen and oxygen atoms in total. The Labute approximate surface area is 104 Å². The molecule has 2 unspecified atom stereocenters. The molecular formula is C14H23NO2. The summed E-state index contributed by atoms with van der Waals surface area (Å²) in [7, 11) is 5.69. The Morgan fingerprint density at radius 1 is 1.35 bits per heavy atom. The number of rotatable bonds is 6. The number of hydrogen-bond acceptors (Lipinski definition) is 3. The van der Waals surface area contributed by atoms with E-state index in [0.29, 0.717) is 6.61 Å². The number of hydrogen-bond donors (Lipinski definition) is 1. The molecule has 0 fully saturated rings. The van der Waals surface area contributed by atoms with Gasteiger partial charge in [-0.25, -0.2) is 0 Å². The number of nitrogens with zero attached hydrogens (tertiary/aromatic N) is 1. The van der Waals surface area contributed by atoms with Crippen molar-refractivity contribution in [3.8, 4) is 0 Å². The fraction of sp³-hybridized carbons (Fsp3) is 0.571. The van der Waals surface area contributed by atoms with E-state index < -0.39 is 6.10 Å². The molecule has 96 valence electrons. The van der Waals surface area contributed by atoms with E-state index in [1.165, 1.54) is 0 Å². The number of methoxy groups -OCH3 is 1. The molecule has 1 aromatic carbocycles. The summed E-state index contributed by atoms with van der Waals surface area (Å²) in [5.74, 6) is 0.201. The van der Waals surface area contributed by atoms with E-state index in [9.17, 15) is 5.11 Å². The first kappa shape index (κ1) is 14.0. The molecule has 1 N–H and O–H groups in total. The number of ether oxygens (including phenoxy) is 1. The van der Waals surface area contributed by atoms with Gasteiger partial charge >= 0.3 is 0 Å². The Morgan fingerprint density at radius 2 is 2.06 bits per heavy atom. The van der Waals surface area contributed by atoms with Gasteiger partial charge in [0.2, 0.25) is 0 Å². The van der Waals surface area contributed by atoms with Crippen LogP contribution < -0.4 is 4.90 Å². The average molecular weight is 237 g/mol. The van der Waals surface area contributed by atoms with E-state index in [4.69, 9.17) is 4.74 Å². The molecule has 0 aromatic heterocycles. The minimum absolute atomic E-state index is 0.201. The monoisotopic (exact) mass is 237 g/mol. The van der Waals surface area contributed by atoms with E-state index in [0.717, 1.165) is 17.7 Å². The summed E-state index contributed by atoms with van der Waals surface area (Å²) in [6.07, 6.45) is 0.439. The van der Waals surface area contributed by atoms with E-state index in [1.807, 2.05) is 50.2 Å². The summed E-state index contributed by atoms with van der Waals surface area (Å²) >= 11 is 0. The van der Waals surface area contributed by atoms with Gasteiger partial charge in [0.1, 0.15) is 0 Å². The third-order valence-corrected chi connectivity index (χ3v) is 3.04. The molecule has 0 saturated carbocycles. The summed E-state index contributed by atoms with van der Waals surface area (Å²) in [6.45, 7) is 2.73. The zero-order chi connectivity index (χ0) is 12.8. The molecule has 1 rings (SSSR count). The van der Waals surface area contributed by atoms with Crippen LogP contribution in [0.15, 0.2) is 24.3 Å². The first-order chi connectivity index (χ1) is 8.06. The number of benzene rings is 1. The second kappa shape index (κ2) is 6.62. The van der Waals surface area contributed by atoms with Crippen LogP contribution in [0, 0.1) is 5.92 Å². The molecule has 17 heavy (non-hydrogen) atoms. The van der Waals surface area contributed by atoms with Gasteiger partial charge in [-0.15, -0.1) is 0 Å². The molecule has 3 heteroatoms. The molecule has 1 aromatic rings. The molecule has 2 atom stereocenters. The molecule has 0 amide bonds. The fourth-order valence-electron chi connectivity index (χ4n) is 1.78. The highest BCUT2D eigenvalue weighted by Crippen LogP contribution is 2.26. The van der Waals surface area contributed by atoms with Crippen molar-refractivity contribution >= 4 is 5.69 Å². The molecule has 0 spiro atoms. The van der Waals surface area contributed by atoms with Gasteiger partial charge in [0.15, 0.2) is 0 Å². The van der Waals surface area contributed by atoms with Crippen LogP contribution in [0.25, 0.3) is 0 Å². The number of anilines is 1. The van der Waals surface area contributed by atoms with Gasteiger partial charge in [0, 0.05) is 33.5 Å². The molecule has 0 radical (unpaired) electrons. The molecule has 0 aliphatic carbocycles. The SMILES string of the molecule is COCCC(C)C(O)c1cccc(N(C)C)c1. The third kappa shape index (κ3) is 4.02. The van der Waals surface area contributed by atoms with Crippen molar-refractivity contribution < 1.29 is 9.84 Å². The first-order valence-corrected chi connectivity index (χ1v) is 6.00. The lowest BCUT2D eigenvalue weighted by molar-refractivity contribution is 0.0886. The lowest BCUT2D eigenvalue weighted by Crippen LogP contribution is -2.13. The van der Waals surface area contributed by atoms with Crippen molar-refractivity contribution in [1.82, 2.24) is 0 Å². The standard InChI is InChI=1S/C14H23NO2/c1-11(8-9-17-4)14(16)12-6-5-7-13(10-12)15(2)3/h5-7,10-11,14,16H,8-9H2,1-4H3. The highest BCUT2D eigenvalue weighted by atomic mass is 16.5. The Balaban J connectivity index is 2.74.